The van der Waals surface area contributed by atoms with E-state index >= 15 is 0 Å². The van der Waals surface area contributed by atoms with Crippen LogP contribution in [0.3, 0.4) is 0 Å². The molecule has 0 spiro atoms. The van der Waals surface area contributed by atoms with Gasteiger partial charge in [0, 0.05) is 24.0 Å². The molecule has 1 unspecified atom stereocenters. The Morgan fingerprint density at radius 1 is 1.12 bits per heavy atom. The third kappa shape index (κ3) is 3.66. The smallest absolute Gasteiger partial charge is 0.281 e. The Balaban J connectivity index is 1.37. The summed E-state index contributed by atoms with van der Waals surface area (Å²) in [6.45, 7) is -0.179. The predicted molar refractivity (Wildman–Crippen MR) is 117 cm³/mol. The van der Waals surface area contributed by atoms with Crippen molar-refractivity contribution >= 4 is 17.4 Å². The molecule has 0 N–H and O–H groups in total. The van der Waals surface area contributed by atoms with Gasteiger partial charge in [-0.15, -0.1) is 0 Å². The zero-order chi connectivity index (χ0) is 22.1. The lowest BCUT2D eigenvalue weighted by molar-refractivity contribution is -0.135. The Bertz CT molecular complexity index is 1180. The summed E-state index contributed by atoms with van der Waals surface area (Å²) in [5.41, 5.74) is 3.26. The number of ether oxygens (including phenoxy) is 2. The molecule has 32 heavy (non-hydrogen) atoms. The van der Waals surface area contributed by atoms with Gasteiger partial charge in [-0.05, 0) is 54.4 Å². The second-order valence-corrected chi connectivity index (χ2v) is 7.74. The minimum Gasteiger partial charge on any atom is -0.497 e. The molecule has 7 heteroatoms. The van der Waals surface area contributed by atoms with Gasteiger partial charge in [0.25, 0.3) is 5.91 Å². The highest BCUT2D eigenvalue weighted by Gasteiger charge is 2.35. The molecule has 5 rings (SSSR count). The van der Waals surface area contributed by atoms with E-state index in [0.29, 0.717) is 36.3 Å². The third-order valence-electron chi connectivity index (χ3n) is 5.85. The van der Waals surface area contributed by atoms with Crippen LogP contribution in [-0.2, 0) is 11.2 Å². The van der Waals surface area contributed by atoms with Gasteiger partial charge in [-0.1, -0.05) is 12.1 Å². The molecule has 0 bridgehead atoms. The van der Waals surface area contributed by atoms with Crippen LogP contribution in [-0.4, -0.2) is 36.1 Å². The van der Waals surface area contributed by atoms with Crippen LogP contribution >= 0.6 is 0 Å². The summed E-state index contributed by atoms with van der Waals surface area (Å²) in [5, 5.41) is 6.05. The molecule has 162 valence electrons. The number of ketones is 1. The number of carbonyl (C=O) groups is 2. The molecule has 0 saturated heterocycles. The average Bonchev–Trinajstić information content (AvgIpc) is 3.58. The van der Waals surface area contributed by atoms with Crippen LogP contribution in [0.25, 0.3) is 0 Å². The molecule has 1 aliphatic heterocycles. The Morgan fingerprint density at radius 3 is 2.72 bits per heavy atom. The van der Waals surface area contributed by atoms with Gasteiger partial charge in [-0.2, -0.15) is 5.10 Å². The molecule has 2 aromatic carbocycles. The second kappa shape index (κ2) is 8.34. The van der Waals surface area contributed by atoms with Gasteiger partial charge in [-0.25, -0.2) is 5.01 Å². The van der Waals surface area contributed by atoms with Gasteiger partial charge in [0.2, 0.25) is 0 Å². The third-order valence-corrected chi connectivity index (χ3v) is 5.85. The van der Waals surface area contributed by atoms with E-state index in [1.165, 1.54) is 5.01 Å². The van der Waals surface area contributed by atoms with E-state index in [0.717, 1.165) is 22.6 Å². The van der Waals surface area contributed by atoms with Gasteiger partial charge in [0.1, 0.15) is 23.3 Å². The number of rotatable bonds is 6. The normalized spacial score (nSPS) is 17.3. The highest BCUT2D eigenvalue weighted by Crippen LogP contribution is 2.34. The molecule has 1 aromatic heterocycles. The Kier molecular flexibility index (Phi) is 5.23. The van der Waals surface area contributed by atoms with Crippen molar-refractivity contribution in [2.24, 2.45) is 5.10 Å². The van der Waals surface area contributed by atoms with Gasteiger partial charge >= 0.3 is 0 Å². The number of fused-ring (bicyclic) bond motifs is 1. The fourth-order valence-electron chi connectivity index (χ4n) is 4.20. The maximum absolute atomic E-state index is 13.1. The van der Waals surface area contributed by atoms with E-state index in [9.17, 15) is 9.59 Å². The van der Waals surface area contributed by atoms with E-state index in [1.807, 2.05) is 30.3 Å². The zero-order valence-electron chi connectivity index (χ0n) is 17.6. The number of benzene rings is 2. The highest BCUT2D eigenvalue weighted by molar-refractivity contribution is 6.03. The number of hydrogen-bond acceptors (Lipinski definition) is 6. The minimum absolute atomic E-state index is 0.114. The zero-order valence-corrected chi connectivity index (χ0v) is 17.6. The number of furan rings is 1. The molecule has 1 aliphatic carbocycles. The van der Waals surface area contributed by atoms with E-state index in [2.05, 4.69) is 5.10 Å². The summed E-state index contributed by atoms with van der Waals surface area (Å²) in [5.74, 6) is 1.83. The van der Waals surface area contributed by atoms with Crippen LogP contribution in [0.4, 0.5) is 0 Å². The number of Topliss-reactive ketones (excluding diaryl/α,β-unsaturated/α-hetero) is 1. The second-order valence-electron chi connectivity index (χ2n) is 7.74. The van der Waals surface area contributed by atoms with Crippen molar-refractivity contribution < 1.29 is 23.5 Å². The Labute approximate surface area is 185 Å². The van der Waals surface area contributed by atoms with Crippen LogP contribution in [0.15, 0.2) is 70.4 Å². The first-order chi connectivity index (χ1) is 15.6. The number of hydrogen-bond donors (Lipinski definition) is 0. The topological polar surface area (TPSA) is 81.3 Å². The molecule has 2 aliphatic rings. The first-order valence-electron chi connectivity index (χ1n) is 10.5. The van der Waals surface area contributed by atoms with Gasteiger partial charge in [0.05, 0.1) is 19.1 Å². The van der Waals surface area contributed by atoms with E-state index in [1.54, 1.807) is 37.6 Å². The van der Waals surface area contributed by atoms with Crippen molar-refractivity contribution in [2.75, 3.05) is 13.7 Å². The van der Waals surface area contributed by atoms with E-state index < -0.39 is 0 Å². The molecule has 1 amide bonds. The lowest BCUT2D eigenvalue weighted by atomic mass is 10.0. The first kappa shape index (κ1) is 20.1. The first-order valence-corrected chi connectivity index (χ1v) is 10.5. The van der Waals surface area contributed by atoms with Crippen molar-refractivity contribution in [2.45, 2.75) is 25.3 Å². The molecule has 7 nitrogen and oxygen atoms in total. The quantitative estimate of drug-likeness (QED) is 0.586. The van der Waals surface area contributed by atoms with E-state index in [-0.39, 0.29) is 24.3 Å². The Hall–Kier alpha value is -3.87. The fraction of sp³-hybridized carbons (Fsp3) is 0.240. The fourth-order valence-corrected chi connectivity index (χ4v) is 4.20. The van der Waals surface area contributed by atoms with Gasteiger partial charge < -0.3 is 13.9 Å². The average molecular weight is 430 g/mol. The number of nitrogens with zero attached hydrogens (tertiary/aromatic N) is 2. The molecule has 0 radical (unpaired) electrons. The molecular formula is C25H22N2O5. The monoisotopic (exact) mass is 430 g/mol. The molecule has 3 aromatic rings. The molecule has 0 fully saturated rings. The summed E-state index contributed by atoms with van der Waals surface area (Å²) in [6.07, 6.45) is 3.23. The van der Waals surface area contributed by atoms with Crippen LogP contribution in [0.1, 0.15) is 46.1 Å². The highest BCUT2D eigenvalue weighted by atomic mass is 16.5. The van der Waals surface area contributed by atoms with Crippen LogP contribution in [0.5, 0.6) is 11.5 Å². The molecular weight excluding hydrogens is 408 g/mol. The maximum Gasteiger partial charge on any atom is 0.281 e. The summed E-state index contributed by atoms with van der Waals surface area (Å²) in [4.78, 5) is 25.1. The lowest BCUT2D eigenvalue weighted by Gasteiger charge is -2.20. The SMILES string of the molecule is COc1ccc(C2=NN(C(=O)COc3cccc4c3CCC4=O)C(c3ccco3)C2)cc1. The lowest BCUT2D eigenvalue weighted by Crippen LogP contribution is -2.31. The van der Waals surface area contributed by atoms with Crippen LogP contribution in [0.2, 0.25) is 0 Å². The van der Waals surface area contributed by atoms with E-state index in [4.69, 9.17) is 13.9 Å². The van der Waals surface area contributed by atoms with Crippen molar-refractivity contribution in [3.63, 3.8) is 0 Å². The number of carbonyl (C=O) groups excluding carboxylic acids is 2. The van der Waals surface area contributed by atoms with Crippen LogP contribution in [0, 0.1) is 0 Å². The van der Waals surface area contributed by atoms with Gasteiger partial charge in [-0.3, -0.25) is 9.59 Å². The summed E-state index contributed by atoms with van der Waals surface area (Å²) in [6, 6.07) is 16.2. The summed E-state index contributed by atoms with van der Waals surface area (Å²) >= 11 is 0. The van der Waals surface area contributed by atoms with Crippen molar-refractivity contribution in [3.8, 4) is 11.5 Å². The largest absolute Gasteiger partial charge is 0.497 e. The predicted octanol–water partition coefficient (Wildman–Crippen LogP) is 4.17. The molecule has 2 heterocycles. The Morgan fingerprint density at radius 2 is 1.97 bits per heavy atom. The van der Waals surface area contributed by atoms with Crippen molar-refractivity contribution in [1.29, 1.82) is 0 Å². The summed E-state index contributed by atoms with van der Waals surface area (Å²) in [7, 11) is 1.62. The summed E-state index contributed by atoms with van der Waals surface area (Å²) < 4.78 is 16.7. The van der Waals surface area contributed by atoms with Gasteiger partial charge in [0.15, 0.2) is 12.4 Å². The molecule has 0 saturated carbocycles. The molecule has 1 atom stereocenters. The van der Waals surface area contributed by atoms with Crippen molar-refractivity contribution in [1.82, 2.24) is 5.01 Å². The van der Waals surface area contributed by atoms with Crippen LogP contribution < -0.4 is 9.47 Å². The number of methoxy groups -OCH3 is 1. The standard InChI is InChI=1S/C25H22N2O5/c1-30-17-9-7-16(8-10-17)20-14-21(24-6-3-13-31-24)27(26-20)25(29)15-32-23-5-2-4-18-19(23)11-12-22(18)28/h2-10,13,21H,11-12,14-15H2,1H3. The maximum atomic E-state index is 13.1. The van der Waals surface area contributed by atoms with Crippen molar-refractivity contribution in [3.05, 3.63) is 83.3 Å². The number of amides is 1. The number of hydrazone groups is 1. The minimum atomic E-state index is -0.346.